The molecule has 3 atom stereocenters. The molecule has 1 heterocycles. The van der Waals surface area contributed by atoms with Crippen molar-refractivity contribution < 1.29 is 27.8 Å². The average Bonchev–Trinajstić information content (AvgIpc) is 2.90. The first-order chi connectivity index (χ1) is 18.1. The van der Waals surface area contributed by atoms with Crippen molar-refractivity contribution >= 4 is 21.7 Å². The molecule has 0 unspecified atom stereocenters. The zero-order valence-corrected chi connectivity index (χ0v) is 23.4. The van der Waals surface area contributed by atoms with Crippen molar-refractivity contribution in [1.29, 1.82) is 0 Å². The summed E-state index contributed by atoms with van der Waals surface area (Å²) in [5.74, 6) is 6.71. The van der Waals surface area contributed by atoms with E-state index in [0.717, 1.165) is 12.8 Å². The number of ether oxygens (including phenoxy) is 2. The summed E-state index contributed by atoms with van der Waals surface area (Å²) >= 11 is 0. The Bertz CT molecular complexity index is 1270. The largest absolute Gasteiger partial charge is 0.497 e. The third-order valence-corrected chi connectivity index (χ3v) is 8.44. The molecule has 0 saturated heterocycles. The van der Waals surface area contributed by atoms with Gasteiger partial charge in [-0.1, -0.05) is 25.7 Å². The van der Waals surface area contributed by atoms with Gasteiger partial charge in [-0.2, -0.15) is 4.31 Å². The molecule has 2 aromatic rings. The second kappa shape index (κ2) is 13.0. The van der Waals surface area contributed by atoms with E-state index in [4.69, 9.17) is 9.47 Å². The Morgan fingerprint density at radius 3 is 2.63 bits per heavy atom. The van der Waals surface area contributed by atoms with Crippen LogP contribution in [0.25, 0.3) is 0 Å². The zero-order chi connectivity index (χ0) is 27.9. The number of rotatable bonds is 7. The minimum Gasteiger partial charge on any atom is -0.497 e. The molecule has 0 fully saturated rings. The number of anilines is 1. The van der Waals surface area contributed by atoms with E-state index in [1.807, 2.05) is 13.8 Å². The van der Waals surface area contributed by atoms with E-state index in [2.05, 4.69) is 17.2 Å². The van der Waals surface area contributed by atoms with Gasteiger partial charge in [-0.15, -0.1) is 0 Å². The van der Waals surface area contributed by atoms with E-state index in [1.54, 1.807) is 57.5 Å². The monoisotopic (exact) mass is 543 g/mol. The third-order valence-electron chi connectivity index (χ3n) is 6.42. The van der Waals surface area contributed by atoms with Crippen LogP contribution in [0.3, 0.4) is 0 Å². The number of fused-ring (bicyclic) bond motifs is 1. The molecule has 2 N–H and O–H groups in total. The average molecular weight is 544 g/mol. The summed E-state index contributed by atoms with van der Waals surface area (Å²) in [6.45, 7) is 5.59. The van der Waals surface area contributed by atoms with E-state index in [9.17, 15) is 18.3 Å². The Balaban J connectivity index is 1.91. The van der Waals surface area contributed by atoms with E-state index in [0.29, 0.717) is 17.0 Å². The van der Waals surface area contributed by atoms with Crippen molar-refractivity contribution in [2.75, 3.05) is 39.2 Å². The molecular weight excluding hydrogens is 506 g/mol. The highest BCUT2D eigenvalue weighted by molar-refractivity contribution is 7.89. The molecule has 0 radical (unpaired) electrons. The number of amides is 2. The lowest BCUT2D eigenvalue weighted by atomic mass is 10.0. The molecule has 2 aromatic carbocycles. The predicted molar refractivity (Wildman–Crippen MR) is 147 cm³/mol. The van der Waals surface area contributed by atoms with Crippen LogP contribution in [0.2, 0.25) is 0 Å². The van der Waals surface area contributed by atoms with Crippen LogP contribution < -0.4 is 14.8 Å². The van der Waals surface area contributed by atoms with E-state index in [1.165, 1.54) is 15.3 Å². The van der Waals surface area contributed by atoms with Gasteiger partial charge in [0.1, 0.15) is 22.5 Å². The van der Waals surface area contributed by atoms with Crippen molar-refractivity contribution in [3.05, 3.63) is 48.0 Å². The second-order valence-electron chi connectivity index (χ2n) is 9.49. The summed E-state index contributed by atoms with van der Waals surface area (Å²) < 4.78 is 40.0. The zero-order valence-electron chi connectivity index (χ0n) is 22.6. The number of unbranched alkanes of at least 4 members (excludes halogenated alkanes) is 1. The number of carbonyl (C=O) groups excluding carboxylic acids is 1. The van der Waals surface area contributed by atoms with E-state index >= 15 is 0 Å². The molecule has 1 aliphatic rings. The minimum atomic E-state index is -3.95. The summed E-state index contributed by atoms with van der Waals surface area (Å²) in [4.78, 5) is 14.5. The Morgan fingerprint density at radius 2 is 2.00 bits per heavy atom. The molecular formula is C28H37N3O6S. The van der Waals surface area contributed by atoms with Gasteiger partial charge in [0, 0.05) is 43.2 Å². The second-order valence-corrected chi connectivity index (χ2v) is 11.4. The number of nitrogens with zero attached hydrogens (tertiary/aromatic N) is 2. The number of hydrogen-bond acceptors (Lipinski definition) is 6. The molecule has 206 valence electrons. The maximum atomic E-state index is 13.6. The summed E-state index contributed by atoms with van der Waals surface area (Å²) in [5.41, 5.74) is 1.26. The van der Waals surface area contributed by atoms with Crippen LogP contribution in [0.5, 0.6) is 11.5 Å². The molecule has 1 aliphatic heterocycles. The van der Waals surface area contributed by atoms with Gasteiger partial charge in [0.2, 0.25) is 10.0 Å². The standard InChI is InChI=1S/C28H37N3O6S/c1-6-7-8-9-22-10-15-27-25(16-22)37-26(20(2)17-31(21(3)19-32)38(27,34)35)18-30(4)28(33)29-23-11-13-24(36-5)14-12-23/h10-16,20-21,26,32H,6-7,17-19H2,1-5H3,(H,29,33)/t20-,21-,26+/m1/s1. The molecule has 0 spiro atoms. The number of carbonyl (C=O) groups is 1. The molecule has 9 nitrogen and oxygen atoms in total. The number of aliphatic hydroxyl groups excluding tert-OH is 1. The first-order valence-corrected chi connectivity index (χ1v) is 14.1. The molecule has 10 heteroatoms. The molecule has 38 heavy (non-hydrogen) atoms. The van der Waals surface area contributed by atoms with E-state index in [-0.39, 0.29) is 42.3 Å². The fourth-order valence-corrected chi connectivity index (χ4v) is 5.88. The maximum Gasteiger partial charge on any atom is 0.321 e. The molecule has 0 saturated carbocycles. The Labute approximate surface area is 225 Å². The lowest BCUT2D eigenvalue weighted by molar-refractivity contribution is 0.0830. The van der Waals surface area contributed by atoms with Crippen LogP contribution in [-0.4, -0.2) is 74.8 Å². The number of nitrogens with one attached hydrogen (secondary N) is 1. The highest BCUT2D eigenvalue weighted by Gasteiger charge is 2.38. The maximum absolute atomic E-state index is 13.6. The van der Waals surface area contributed by atoms with Gasteiger partial charge in [-0.3, -0.25) is 0 Å². The van der Waals surface area contributed by atoms with Gasteiger partial charge in [0.25, 0.3) is 0 Å². The lowest BCUT2D eigenvalue weighted by Gasteiger charge is -2.37. The van der Waals surface area contributed by atoms with Gasteiger partial charge in [0.05, 0.1) is 20.3 Å². The predicted octanol–water partition coefficient (Wildman–Crippen LogP) is 3.78. The SMILES string of the molecule is CCCC#Cc1ccc2c(c1)O[C@@H](CN(C)C(=O)Nc1ccc(OC)cc1)[C@H](C)CN([C@H](C)CO)S2(=O)=O. The number of sulfonamides is 1. The minimum absolute atomic E-state index is 0.0149. The molecule has 3 rings (SSSR count). The normalized spacial score (nSPS) is 19.4. The highest BCUT2D eigenvalue weighted by Crippen LogP contribution is 2.34. The Hall–Kier alpha value is -3.26. The van der Waals surface area contributed by atoms with Crippen LogP contribution in [0.4, 0.5) is 10.5 Å². The Kier molecular flexibility index (Phi) is 10.0. The summed E-state index contributed by atoms with van der Waals surface area (Å²) in [7, 11) is -0.714. The molecule has 0 aliphatic carbocycles. The highest BCUT2D eigenvalue weighted by atomic mass is 32.2. The first kappa shape index (κ1) is 29.3. The molecule has 2 amide bonds. The van der Waals surface area contributed by atoms with Crippen LogP contribution >= 0.6 is 0 Å². The number of urea groups is 1. The van der Waals surface area contributed by atoms with Crippen molar-refractivity contribution in [2.24, 2.45) is 5.92 Å². The van der Waals surface area contributed by atoms with Crippen LogP contribution in [0.15, 0.2) is 47.4 Å². The number of aliphatic hydroxyl groups is 1. The first-order valence-electron chi connectivity index (χ1n) is 12.7. The molecule has 0 aromatic heterocycles. The van der Waals surface area contributed by atoms with Crippen molar-refractivity contribution in [2.45, 2.75) is 50.7 Å². The summed E-state index contributed by atoms with van der Waals surface area (Å²) in [6.07, 6.45) is 1.12. The van der Waals surface area contributed by atoms with Crippen LogP contribution in [-0.2, 0) is 10.0 Å². The van der Waals surface area contributed by atoms with Crippen molar-refractivity contribution in [3.63, 3.8) is 0 Å². The quantitative estimate of drug-likeness (QED) is 0.515. The topological polar surface area (TPSA) is 108 Å². The summed E-state index contributed by atoms with van der Waals surface area (Å²) in [5, 5.41) is 12.7. The number of methoxy groups -OCH3 is 1. The van der Waals surface area contributed by atoms with Crippen LogP contribution in [0, 0.1) is 17.8 Å². The van der Waals surface area contributed by atoms with Crippen molar-refractivity contribution in [1.82, 2.24) is 9.21 Å². The lowest BCUT2D eigenvalue weighted by Crippen LogP contribution is -2.50. The third kappa shape index (κ3) is 6.98. The summed E-state index contributed by atoms with van der Waals surface area (Å²) in [6, 6.07) is 10.8. The van der Waals surface area contributed by atoms with Gasteiger partial charge < -0.3 is 24.8 Å². The van der Waals surface area contributed by atoms with Gasteiger partial charge >= 0.3 is 6.03 Å². The van der Waals surface area contributed by atoms with Gasteiger partial charge in [-0.25, -0.2) is 13.2 Å². The smallest absolute Gasteiger partial charge is 0.321 e. The fourth-order valence-electron chi connectivity index (χ4n) is 4.06. The van der Waals surface area contributed by atoms with Crippen LogP contribution in [0.1, 0.15) is 39.2 Å². The fraction of sp³-hybridized carbons (Fsp3) is 0.464. The van der Waals surface area contributed by atoms with Gasteiger partial charge in [-0.05, 0) is 55.8 Å². The number of benzene rings is 2. The van der Waals surface area contributed by atoms with E-state index < -0.39 is 22.2 Å². The molecule has 0 bridgehead atoms. The Morgan fingerprint density at radius 1 is 1.29 bits per heavy atom. The number of hydrogen-bond donors (Lipinski definition) is 2. The van der Waals surface area contributed by atoms with Gasteiger partial charge in [0.15, 0.2) is 0 Å². The number of likely N-dealkylation sites (N-methyl/N-ethyl adjacent to an activating group) is 1. The van der Waals surface area contributed by atoms with Crippen molar-refractivity contribution in [3.8, 4) is 23.3 Å².